The molecule has 34 heavy (non-hydrogen) atoms. The first-order chi connectivity index (χ1) is 16.4. The van der Waals surface area contributed by atoms with Crippen LogP contribution in [-0.4, -0.2) is 32.4 Å². The second kappa shape index (κ2) is 9.83. The van der Waals surface area contributed by atoms with Gasteiger partial charge in [0.05, 0.1) is 36.3 Å². The Morgan fingerprint density at radius 1 is 0.912 bits per heavy atom. The summed E-state index contributed by atoms with van der Waals surface area (Å²) in [6, 6.07) is 21.5. The van der Waals surface area contributed by atoms with Crippen molar-refractivity contribution < 1.29 is 22.7 Å². The van der Waals surface area contributed by atoms with E-state index >= 15 is 0 Å². The predicted octanol–water partition coefficient (Wildman–Crippen LogP) is 4.98. The molecule has 7 heteroatoms. The fraction of sp³-hybridized carbons (Fsp3) is 0.222. The van der Waals surface area contributed by atoms with Gasteiger partial charge in [0.2, 0.25) is 10.0 Å². The molecule has 1 aliphatic heterocycles. The number of nitrogens with zero attached hydrogens (tertiary/aromatic N) is 1. The summed E-state index contributed by atoms with van der Waals surface area (Å²) >= 11 is 0. The lowest BCUT2D eigenvalue weighted by Gasteiger charge is -2.31. The van der Waals surface area contributed by atoms with Gasteiger partial charge in [0, 0.05) is 0 Å². The van der Waals surface area contributed by atoms with Gasteiger partial charge in [0.1, 0.15) is 5.75 Å². The van der Waals surface area contributed by atoms with Gasteiger partial charge in [-0.25, -0.2) is 13.2 Å². The monoisotopic (exact) mass is 477 g/mol. The maximum absolute atomic E-state index is 14.1. The van der Waals surface area contributed by atoms with Gasteiger partial charge in [-0.05, 0) is 55.3 Å². The second-order valence-corrected chi connectivity index (χ2v) is 9.86. The van der Waals surface area contributed by atoms with Gasteiger partial charge in [-0.2, -0.15) is 4.31 Å². The molecule has 0 saturated heterocycles. The zero-order valence-corrected chi connectivity index (χ0v) is 20.2. The molecule has 176 valence electrons. The van der Waals surface area contributed by atoms with Crippen LogP contribution in [0.25, 0.3) is 0 Å². The fourth-order valence-corrected chi connectivity index (χ4v) is 5.87. The minimum atomic E-state index is -4.00. The number of aryl methyl sites for hydroxylation is 1. The molecule has 6 nitrogen and oxygen atoms in total. The van der Waals surface area contributed by atoms with E-state index in [1.54, 1.807) is 56.5 Å². The van der Waals surface area contributed by atoms with Crippen LogP contribution in [0, 0.1) is 6.92 Å². The molecule has 0 spiro atoms. The van der Waals surface area contributed by atoms with Crippen molar-refractivity contribution >= 4 is 16.0 Å². The van der Waals surface area contributed by atoms with E-state index in [0.717, 1.165) is 11.1 Å². The van der Waals surface area contributed by atoms with E-state index in [9.17, 15) is 13.2 Å². The molecular weight excluding hydrogens is 450 g/mol. The van der Waals surface area contributed by atoms with Crippen LogP contribution >= 0.6 is 0 Å². The molecule has 3 aromatic rings. The smallest absolute Gasteiger partial charge is 0.335 e. The number of ether oxygens (including phenoxy) is 2. The maximum Gasteiger partial charge on any atom is 0.335 e. The zero-order chi connectivity index (χ0) is 24.3. The van der Waals surface area contributed by atoms with Gasteiger partial charge in [-0.3, -0.25) is 0 Å². The third kappa shape index (κ3) is 4.49. The molecule has 1 heterocycles. The van der Waals surface area contributed by atoms with Crippen LogP contribution in [0.15, 0.2) is 95.4 Å². The third-order valence-electron chi connectivity index (χ3n) is 5.84. The zero-order valence-electron chi connectivity index (χ0n) is 19.3. The minimum Gasteiger partial charge on any atom is -0.497 e. The van der Waals surface area contributed by atoms with Gasteiger partial charge >= 0.3 is 5.97 Å². The highest BCUT2D eigenvalue weighted by Crippen LogP contribution is 2.47. The van der Waals surface area contributed by atoms with Crippen molar-refractivity contribution in [2.45, 2.75) is 30.8 Å². The molecule has 2 atom stereocenters. The van der Waals surface area contributed by atoms with Gasteiger partial charge < -0.3 is 9.47 Å². The van der Waals surface area contributed by atoms with Crippen LogP contribution in [0.1, 0.15) is 35.7 Å². The Labute approximate surface area is 200 Å². The Kier molecular flexibility index (Phi) is 6.86. The van der Waals surface area contributed by atoms with Crippen molar-refractivity contribution in [3.8, 4) is 5.75 Å². The van der Waals surface area contributed by atoms with E-state index < -0.39 is 28.1 Å². The number of carbonyl (C=O) groups excluding carboxylic acids is 1. The Hall–Kier alpha value is -3.42. The summed E-state index contributed by atoms with van der Waals surface area (Å²) in [5, 5.41) is 0. The number of esters is 1. The van der Waals surface area contributed by atoms with E-state index in [0.29, 0.717) is 16.9 Å². The summed E-state index contributed by atoms with van der Waals surface area (Å²) in [7, 11) is -2.43. The van der Waals surface area contributed by atoms with Gasteiger partial charge in [-0.1, -0.05) is 60.2 Å². The molecule has 0 bridgehead atoms. The summed E-state index contributed by atoms with van der Waals surface area (Å²) in [4.78, 5) is 13.2. The van der Waals surface area contributed by atoms with E-state index in [1.807, 2.05) is 49.4 Å². The summed E-state index contributed by atoms with van der Waals surface area (Å²) in [6.45, 7) is 3.82. The van der Waals surface area contributed by atoms with Crippen LogP contribution < -0.4 is 4.74 Å². The molecular formula is C27H27NO5S. The first-order valence-electron chi connectivity index (χ1n) is 11.0. The number of rotatable bonds is 7. The summed E-state index contributed by atoms with van der Waals surface area (Å²) in [6.07, 6.45) is 1.70. The SMILES string of the molecule is CCOC(=O)C1=C[C@@H](c2ccc(OC)cc2)N(S(=O)(=O)c2ccc(C)cc2)[C@H]1c1ccccc1. The second-order valence-electron chi connectivity index (χ2n) is 8.02. The van der Waals surface area contributed by atoms with Crippen molar-refractivity contribution in [3.05, 3.63) is 107 Å². The number of methoxy groups -OCH3 is 1. The fourth-order valence-electron chi connectivity index (χ4n) is 4.15. The van der Waals surface area contributed by atoms with Gasteiger partial charge in [0.25, 0.3) is 0 Å². The number of carbonyl (C=O) groups is 1. The predicted molar refractivity (Wildman–Crippen MR) is 130 cm³/mol. The summed E-state index contributed by atoms with van der Waals surface area (Å²) < 4.78 is 40.2. The standard InChI is InChI=1S/C27H27NO5S/c1-4-33-27(29)24-18-25(20-12-14-22(32-3)15-13-20)28(26(24)21-8-6-5-7-9-21)34(30,31)23-16-10-19(2)11-17-23/h5-18,25-26H,4H2,1-3H3/t25-,26-/m0/s1. The molecule has 0 fully saturated rings. The molecule has 1 aliphatic rings. The average molecular weight is 478 g/mol. The molecule has 3 aromatic carbocycles. The Morgan fingerprint density at radius 3 is 2.15 bits per heavy atom. The van der Waals surface area contributed by atoms with Crippen molar-refractivity contribution in [3.63, 3.8) is 0 Å². The first kappa shape index (κ1) is 23.7. The molecule has 0 N–H and O–H groups in total. The van der Waals surface area contributed by atoms with Crippen molar-refractivity contribution in [2.75, 3.05) is 13.7 Å². The third-order valence-corrected chi connectivity index (χ3v) is 7.70. The van der Waals surface area contributed by atoms with Crippen molar-refractivity contribution in [2.24, 2.45) is 0 Å². The van der Waals surface area contributed by atoms with Crippen LogP contribution in [0.4, 0.5) is 0 Å². The van der Waals surface area contributed by atoms with Crippen LogP contribution in [0.2, 0.25) is 0 Å². The average Bonchev–Trinajstić information content (AvgIpc) is 3.27. The molecule has 0 unspecified atom stereocenters. The number of benzene rings is 3. The highest BCUT2D eigenvalue weighted by atomic mass is 32.2. The van der Waals surface area contributed by atoms with Crippen molar-refractivity contribution in [1.29, 1.82) is 0 Å². The van der Waals surface area contributed by atoms with Crippen LogP contribution in [-0.2, 0) is 19.6 Å². The maximum atomic E-state index is 14.1. The van der Waals surface area contributed by atoms with Gasteiger partial charge in [-0.15, -0.1) is 0 Å². The minimum absolute atomic E-state index is 0.163. The first-order valence-corrected chi connectivity index (χ1v) is 12.5. The normalized spacial score (nSPS) is 18.4. The topological polar surface area (TPSA) is 72.9 Å². The molecule has 0 aromatic heterocycles. The Morgan fingerprint density at radius 2 is 1.56 bits per heavy atom. The number of sulfonamides is 1. The van der Waals surface area contributed by atoms with Crippen LogP contribution in [0.3, 0.4) is 0 Å². The quantitative estimate of drug-likeness (QED) is 0.449. The largest absolute Gasteiger partial charge is 0.497 e. The van der Waals surface area contributed by atoms with Crippen LogP contribution in [0.5, 0.6) is 5.75 Å². The molecule has 0 radical (unpaired) electrons. The highest BCUT2D eigenvalue weighted by molar-refractivity contribution is 7.89. The molecule has 0 amide bonds. The summed E-state index contributed by atoms with van der Waals surface area (Å²) in [5.74, 6) is 0.125. The Bertz CT molecular complexity index is 1280. The molecule has 0 saturated carbocycles. The van der Waals surface area contributed by atoms with E-state index in [-0.39, 0.29) is 11.5 Å². The number of hydrogen-bond acceptors (Lipinski definition) is 5. The Balaban J connectivity index is 1.92. The van der Waals surface area contributed by atoms with E-state index in [2.05, 4.69) is 0 Å². The van der Waals surface area contributed by atoms with E-state index in [4.69, 9.17) is 9.47 Å². The summed E-state index contributed by atoms with van der Waals surface area (Å²) in [5.41, 5.74) is 2.66. The lowest BCUT2D eigenvalue weighted by atomic mass is 10.0. The highest BCUT2D eigenvalue weighted by Gasteiger charge is 2.46. The molecule has 4 rings (SSSR count). The van der Waals surface area contributed by atoms with Gasteiger partial charge in [0.15, 0.2) is 0 Å². The molecule has 0 aliphatic carbocycles. The van der Waals surface area contributed by atoms with E-state index in [1.165, 1.54) is 4.31 Å². The number of hydrogen-bond donors (Lipinski definition) is 0. The lowest BCUT2D eigenvalue weighted by Crippen LogP contribution is -2.35. The van der Waals surface area contributed by atoms with Crippen molar-refractivity contribution in [1.82, 2.24) is 4.31 Å². The lowest BCUT2D eigenvalue weighted by molar-refractivity contribution is -0.138.